The standard InChI is InChI=1S/C13H13BrO4/c1-2-11(13(16)17)18-8-3-4-9-7(5-8)6-10(14)12(9)15/h3-5,10-11H,2,6H2,1H3,(H,16,17). The molecule has 1 aromatic carbocycles. The van der Waals surface area contributed by atoms with Crippen LogP contribution >= 0.6 is 15.9 Å². The second-order valence-electron chi connectivity index (χ2n) is 4.21. The molecule has 0 saturated heterocycles. The van der Waals surface area contributed by atoms with Gasteiger partial charge in [0, 0.05) is 5.56 Å². The van der Waals surface area contributed by atoms with Crippen molar-refractivity contribution in [3.05, 3.63) is 29.3 Å². The van der Waals surface area contributed by atoms with Gasteiger partial charge in [0.15, 0.2) is 11.9 Å². The molecule has 18 heavy (non-hydrogen) atoms. The third-order valence-corrected chi connectivity index (χ3v) is 3.69. The Morgan fingerprint density at radius 1 is 1.61 bits per heavy atom. The zero-order valence-electron chi connectivity index (χ0n) is 9.85. The average Bonchev–Trinajstić information content (AvgIpc) is 2.61. The number of ether oxygens (including phenoxy) is 1. The summed E-state index contributed by atoms with van der Waals surface area (Å²) in [6, 6.07) is 5.09. The molecule has 0 amide bonds. The molecule has 5 heteroatoms. The minimum atomic E-state index is -0.979. The molecule has 2 unspecified atom stereocenters. The van der Waals surface area contributed by atoms with Crippen molar-refractivity contribution in [2.75, 3.05) is 0 Å². The Morgan fingerprint density at radius 2 is 2.33 bits per heavy atom. The van der Waals surface area contributed by atoms with Crippen molar-refractivity contribution in [2.24, 2.45) is 0 Å². The van der Waals surface area contributed by atoms with Gasteiger partial charge in [0.1, 0.15) is 5.75 Å². The van der Waals surface area contributed by atoms with E-state index in [1.54, 1.807) is 25.1 Å². The van der Waals surface area contributed by atoms with Crippen LogP contribution < -0.4 is 4.74 Å². The number of hydrogen-bond donors (Lipinski definition) is 1. The molecule has 96 valence electrons. The first-order chi connectivity index (χ1) is 8.52. The molecule has 0 bridgehead atoms. The zero-order chi connectivity index (χ0) is 13.3. The average molecular weight is 313 g/mol. The first kappa shape index (κ1) is 13.1. The minimum Gasteiger partial charge on any atom is -0.479 e. The van der Waals surface area contributed by atoms with Gasteiger partial charge in [-0.3, -0.25) is 4.79 Å². The molecule has 0 radical (unpaired) electrons. The second-order valence-corrected chi connectivity index (χ2v) is 5.31. The van der Waals surface area contributed by atoms with Crippen LogP contribution in [0.15, 0.2) is 18.2 Å². The highest BCUT2D eigenvalue weighted by molar-refractivity contribution is 9.10. The number of carbonyl (C=O) groups excluding carboxylic acids is 1. The molecule has 0 aromatic heterocycles. The van der Waals surface area contributed by atoms with Gasteiger partial charge in [-0.1, -0.05) is 22.9 Å². The van der Waals surface area contributed by atoms with Crippen molar-refractivity contribution in [1.29, 1.82) is 0 Å². The summed E-state index contributed by atoms with van der Waals surface area (Å²) >= 11 is 3.31. The number of fused-ring (bicyclic) bond motifs is 1. The van der Waals surface area contributed by atoms with E-state index < -0.39 is 12.1 Å². The van der Waals surface area contributed by atoms with Crippen LogP contribution in [0.1, 0.15) is 29.3 Å². The first-order valence-electron chi connectivity index (χ1n) is 5.73. The Kier molecular flexibility index (Phi) is 3.71. The predicted octanol–water partition coefficient (Wildman–Crippen LogP) is 2.43. The van der Waals surface area contributed by atoms with Gasteiger partial charge in [0.05, 0.1) is 4.83 Å². The Morgan fingerprint density at radius 3 is 2.94 bits per heavy atom. The maximum absolute atomic E-state index is 11.7. The molecule has 0 spiro atoms. The number of carboxylic acids is 1. The molecule has 1 aromatic rings. The van der Waals surface area contributed by atoms with Crippen molar-refractivity contribution < 1.29 is 19.4 Å². The molecule has 2 rings (SSSR count). The van der Waals surface area contributed by atoms with Crippen molar-refractivity contribution in [2.45, 2.75) is 30.7 Å². The van der Waals surface area contributed by atoms with Gasteiger partial charge in [-0.05, 0) is 36.6 Å². The van der Waals surface area contributed by atoms with Crippen LogP contribution in [-0.2, 0) is 11.2 Å². The van der Waals surface area contributed by atoms with Crippen molar-refractivity contribution in [3.8, 4) is 5.75 Å². The van der Waals surface area contributed by atoms with Gasteiger partial charge in [-0.15, -0.1) is 0 Å². The number of halogens is 1. The van der Waals surface area contributed by atoms with Crippen LogP contribution in [0.2, 0.25) is 0 Å². The number of ketones is 1. The number of rotatable bonds is 4. The van der Waals surface area contributed by atoms with Crippen LogP contribution in [0.3, 0.4) is 0 Å². The molecule has 1 aliphatic carbocycles. The third kappa shape index (κ3) is 2.41. The highest BCUT2D eigenvalue weighted by Crippen LogP contribution is 2.30. The van der Waals surface area contributed by atoms with Gasteiger partial charge in [0.2, 0.25) is 0 Å². The lowest BCUT2D eigenvalue weighted by Gasteiger charge is -2.13. The number of carboxylic acid groups (broad SMARTS) is 1. The van der Waals surface area contributed by atoms with Crippen LogP contribution in [0.4, 0.5) is 0 Å². The van der Waals surface area contributed by atoms with Crippen molar-refractivity contribution in [1.82, 2.24) is 0 Å². The quantitative estimate of drug-likeness (QED) is 0.867. The molecule has 1 N–H and O–H groups in total. The number of alkyl halides is 1. The summed E-state index contributed by atoms with van der Waals surface area (Å²) < 4.78 is 5.39. The van der Waals surface area contributed by atoms with E-state index in [1.807, 2.05) is 0 Å². The molecule has 0 aliphatic heterocycles. The molecule has 0 saturated carbocycles. The maximum atomic E-state index is 11.7. The summed E-state index contributed by atoms with van der Waals surface area (Å²) in [6.45, 7) is 1.75. The Labute approximate surface area is 113 Å². The van der Waals surface area contributed by atoms with Gasteiger partial charge in [-0.2, -0.15) is 0 Å². The fourth-order valence-corrected chi connectivity index (χ4v) is 2.58. The number of aliphatic carboxylic acids is 1. The topological polar surface area (TPSA) is 63.6 Å². The number of benzene rings is 1. The van der Waals surface area contributed by atoms with E-state index in [0.29, 0.717) is 24.2 Å². The molecule has 0 fully saturated rings. The number of carbonyl (C=O) groups is 2. The van der Waals surface area contributed by atoms with Gasteiger partial charge >= 0.3 is 5.97 Å². The largest absolute Gasteiger partial charge is 0.479 e. The van der Waals surface area contributed by atoms with Crippen LogP contribution in [-0.4, -0.2) is 27.8 Å². The fraction of sp³-hybridized carbons (Fsp3) is 0.385. The lowest BCUT2D eigenvalue weighted by atomic mass is 10.1. The monoisotopic (exact) mass is 312 g/mol. The SMILES string of the molecule is CCC(Oc1ccc2c(c1)CC(Br)C2=O)C(=O)O. The van der Waals surface area contributed by atoms with Crippen LogP contribution in [0.5, 0.6) is 5.75 Å². The Hall–Kier alpha value is -1.36. The highest BCUT2D eigenvalue weighted by atomic mass is 79.9. The van der Waals surface area contributed by atoms with E-state index in [1.165, 1.54) is 0 Å². The summed E-state index contributed by atoms with van der Waals surface area (Å²) in [5.74, 6) is -0.410. The Bertz CT molecular complexity index is 498. The smallest absolute Gasteiger partial charge is 0.344 e. The molecular formula is C13H13BrO4. The molecular weight excluding hydrogens is 300 g/mol. The highest BCUT2D eigenvalue weighted by Gasteiger charge is 2.29. The summed E-state index contributed by atoms with van der Waals surface area (Å²) in [6.07, 6.45) is 0.168. The maximum Gasteiger partial charge on any atom is 0.344 e. The summed E-state index contributed by atoms with van der Waals surface area (Å²) in [5, 5.41) is 8.93. The summed E-state index contributed by atoms with van der Waals surface area (Å²) in [4.78, 5) is 22.4. The van der Waals surface area contributed by atoms with Crippen molar-refractivity contribution >= 4 is 27.7 Å². The van der Waals surface area contributed by atoms with E-state index in [0.717, 1.165) is 5.56 Å². The van der Waals surface area contributed by atoms with E-state index in [2.05, 4.69) is 15.9 Å². The fourth-order valence-electron chi connectivity index (χ4n) is 1.98. The molecule has 0 heterocycles. The van der Waals surface area contributed by atoms with E-state index in [-0.39, 0.29) is 10.6 Å². The molecule has 4 nitrogen and oxygen atoms in total. The Balaban J connectivity index is 2.21. The molecule has 1 aliphatic rings. The van der Waals surface area contributed by atoms with E-state index >= 15 is 0 Å². The minimum absolute atomic E-state index is 0.0711. The predicted molar refractivity (Wildman–Crippen MR) is 69.5 cm³/mol. The van der Waals surface area contributed by atoms with Gasteiger partial charge in [0.25, 0.3) is 0 Å². The lowest BCUT2D eigenvalue weighted by molar-refractivity contribution is -0.145. The number of Topliss-reactive ketones (excluding diaryl/α,β-unsaturated/α-hetero) is 1. The van der Waals surface area contributed by atoms with E-state index in [9.17, 15) is 9.59 Å². The lowest BCUT2D eigenvalue weighted by Crippen LogP contribution is -2.25. The first-order valence-corrected chi connectivity index (χ1v) is 6.65. The number of hydrogen-bond acceptors (Lipinski definition) is 3. The van der Waals surface area contributed by atoms with E-state index in [4.69, 9.17) is 9.84 Å². The summed E-state index contributed by atoms with van der Waals surface area (Å²) in [5.41, 5.74) is 1.59. The summed E-state index contributed by atoms with van der Waals surface area (Å²) in [7, 11) is 0. The van der Waals surface area contributed by atoms with Crippen LogP contribution in [0.25, 0.3) is 0 Å². The van der Waals surface area contributed by atoms with Gasteiger partial charge < -0.3 is 9.84 Å². The van der Waals surface area contributed by atoms with Crippen LogP contribution in [0, 0.1) is 0 Å². The van der Waals surface area contributed by atoms with Crippen molar-refractivity contribution in [3.63, 3.8) is 0 Å². The second kappa shape index (κ2) is 5.10. The zero-order valence-corrected chi connectivity index (χ0v) is 11.4. The normalized spacial score (nSPS) is 19.4. The van der Waals surface area contributed by atoms with Gasteiger partial charge in [-0.25, -0.2) is 4.79 Å². The molecule has 2 atom stereocenters. The third-order valence-electron chi connectivity index (χ3n) is 2.95.